The van der Waals surface area contributed by atoms with Gasteiger partial charge in [0.15, 0.2) is 18.2 Å². The number of hydrogen-bond donors (Lipinski definition) is 1. The fourth-order valence-corrected chi connectivity index (χ4v) is 3.26. The Hall–Kier alpha value is -3.15. The van der Waals surface area contributed by atoms with Gasteiger partial charge in [0, 0.05) is 30.1 Å². The summed E-state index contributed by atoms with van der Waals surface area (Å²) in [6.45, 7) is 3.98. The predicted molar refractivity (Wildman–Crippen MR) is 104 cm³/mol. The van der Waals surface area contributed by atoms with Crippen LogP contribution in [0.4, 0.5) is 10.1 Å². The molecule has 6 heteroatoms. The number of ether oxygens (including phenoxy) is 1. The SMILES string of the molecule is CN1/C(=C\C=N/NC(=O)COc2ccccc2F)C(C)(C)c2ccccc21. The van der Waals surface area contributed by atoms with Gasteiger partial charge < -0.3 is 9.64 Å². The zero-order valence-electron chi connectivity index (χ0n) is 15.6. The Bertz CT molecular complexity index is 906. The fourth-order valence-electron chi connectivity index (χ4n) is 3.26. The van der Waals surface area contributed by atoms with E-state index in [0.29, 0.717) is 0 Å². The third-order valence-corrected chi connectivity index (χ3v) is 4.63. The number of carbonyl (C=O) groups excluding carboxylic acids is 1. The van der Waals surface area contributed by atoms with Crippen LogP contribution in [0, 0.1) is 5.82 Å². The maximum absolute atomic E-state index is 13.4. The second-order valence-corrected chi connectivity index (χ2v) is 6.79. The van der Waals surface area contributed by atoms with Gasteiger partial charge in [-0.05, 0) is 29.8 Å². The van der Waals surface area contributed by atoms with Crippen molar-refractivity contribution in [3.05, 3.63) is 71.7 Å². The van der Waals surface area contributed by atoms with Crippen LogP contribution in [-0.2, 0) is 10.2 Å². The van der Waals surface area contributed by atoms with E-state index in [1.807, 2.05) is 25.3 Å². The van der Waals surface area contributed by atoms with Crippen LogP contribution in [0.25, 0.3) is 0 Å². The van der Waals surface area contributed by atoms with Crippen molar-refractivity contribution < 1.29 is 13.9 Å². The van der Waals surface area contributed by atoms with Gasteiger partial charge in [0.05, 0.1) is 0 Å². The summed E-state index contributed by atoms with van der Waals surface area (Å²) in [6.07, 6.45) is 3.42. The first kappa shape index (κ1) is 18.6. The molecule has 0 aromatic heterocycles. The molecule has 3 rings (SSSR count). The van der Waals surface area contributed by atoms with E-state index in [9.17, 15) is 9.18 Å². The minimum atomic E-state index is -0.510. The van der Waals surface area contributed by atoms with E-state index in [2.05, 4.69) is 41.4 Å². The summed E-state index contributed by atoms with van der Waals surface area (Å²) < 4.78 is 18.6. The summed E-state index contributed by atoms with van der Waals surface area (Å²) >= 11 is 0. The van der Waals surface area contributed by atoms with Crippen LogP contribution < -0.4 is 15.1 Å². The van der Waals surface area contributed by atoms with E-state index in [-0.39, 0.29) is 17.8 Å². The first-order chi connectivity index (χ1) is 12.9. The Morgan fingerprint density at radius 1 is 1.22 bits per heavy atom. The summed E-state index contributed by atoms with van der Waals surface area (Å²) in [6, 6.07) is 14.2. The zero-order chi connectivity index (χ0) is 19.4. The summed E-state index contributed by atoms with van der Waals surface area (Å²) in [4.78, 5) is 13.9. The predicted octanol–water partition coefficient (Wildman–Crippen LogP) is 3.62. The lowest BCUT2D eigenvalue weighted by molar-refractivity contribution is -0.123. The van der Waals surface area contributed by atoms with E-state index < -0.39 is 11.7 Å². The average molecular weight is 367 g/mol. The molecule has 0 atom stereocenters. The van der Waals surface area contributed by atoms with Crippen molar-refractivity contribution in [3.8, 4) is 5.75 Å². The Kier molecular flexibility index (Phi) is 5.26. The Morgan fingerprint density at radius 2 is 1.93 bits per heavy atom. The van der Waals surface area contributed by atoms with Crippen LogP contribution in [-0.4, -0.2) is 25.8 Å². The molecule has 0 radical (unpaired) electrons. The first-order valence-electron chi connectivity index (χ1n) is 8.64. The summed E-state index contributed by atoms with van der Waals surface area (Å²) in [7, 11) is 2.01. The molecule has 2 aromatic rings. The molecule has 27 heavy (non-hydrogen) atoms. The van der Waals surface area contributed by atoms with E-state index >= 15 is 0 Å². The molecule has 0 fully saturated rings. The normalized spacial score (nSPS) is 16.6. The lowest BCUT2D eigenvalue weighted by atomic mass is 9.84. The first-order valence-corrected chi connectivity index (χ1v) is 8.64. The van der Waals surface area contributed by atoms with Crippen LogP contribution >= 0.6 is 0 Å². The molecule has 1 N–H and O–H groups in total. The number of para-hydroxylation sites is 2. The third kappa shape index (κ3) is 3.84. The quantitative estimate of drug-likeness (QED) is 0.649. The molecule has 0 spiro atoms. The molecule has 0 aliphatic carbocycles. The molecule has 1 aliphatic heterocycles. The van der Waals surface area contributed by atoms with Crippen LogP contribution in [0.2, 0.25) is 0 Å². The van der Waals surface area contributed by atoms with Crippen LogP contribution in [0.15, 0.2) is 65.4 Å². The highest BCUT2D eigenvalue weighted by molar-refractivity contribution is 5.82. The van der Waals surface area contributed by atoms with E-state index in [4.69, 9.17) is 4.74 Å². The van der Waals surface area contributed by atoms with Crippen molar-refractivity contribution in [2.75, 3.05) is 18.6 Å². The zero-order valence-corrected chi connectivity index (χ0v) is 15.6. The van der Waals surface area contributed by atoms with E-state index in [1.165, 1.54) is 17.7 Å². The molecule has 0 saturated carbocycles. The number of nitrogens with one attached hydrogen (secondary N) is 1. The number of rotatable bonds is 5. The topological polar surface area (TPSA) is 53.9 Å². The van der Waals surface area contributed by atoms with E-state index in [1.54, 1.807) is 18.3 Å². The number of likely N-dealkylation sites (N-methyl/N-ethyl adjacent to an activating group) is 1. The molecule has 1 heterocycles. The van der Waals surface area contributed by atoms with Gasteiger partial charge in [0.1, 0.15) is 0 Å². The van der Waals surface area contributed by atoms with Crippen molar-refractivity contribution in [2.45, 2.75) is 19.3 Å². The minimum Gasteiger partial charge on any atom is -0.481 e. The van der Waals surface area contributed by atoms with Gasteiger partial charge in [-0.3, -0.25) is 4.79 Å². The summed E-state index contributed by atoms with van der Waals surface area (Å²) in [5.74, 6) is -0.939. The number of anilines is 1. The lowest BCUT2D eigenvalue weighted by Crippen LogP contribution is -2.25. The molecule has 5 nitrogen and oxygen atoms in total. The molecule has 0 unspecified atom stereocenters. The van der Waals surface area contributed by atoms with Crippen molar-refractivity contribution in [2.24, 2.45) is 5.10 Å². The maximum Gasteiger partial charge on any atom is 0.277 e. The van der Waals surface area contributed by atoms with Crippen molar-refractivity contribution in [1.82, 2.24) is 5.43 Å². The van der Waals surface area contributed by atoms with Gasteiger partial charge in [0.2, 0.25) is 0 Å². The van der Waals surface area contributed by atoms with Crippen LogP contribution in [0.3, 0.4) is 0 Å². The molecule has 1 aliphatic rings. The number of fused-ring (bicyclic) bond motifs is 1. The van der Waals surface area contributed by atoms with Crippen molar-refractivity contribution >= 4 is 17.8 Å². The number of benzene rings is 2. The van der Waals surface area contributed by atoms with Crippen molar-refractivity contribution in [1.29, 1.82) is 0 Å². The van der Waals surface area contributed by atoms with Gasteiger partial charge >= 0.3 is 0 Å². The second-order valence-electron chi connectivity index (χ2n) is 6.79. The van der Waals surface area contributed by atoms with Gasteiger partial charge in [-0.25, -0.2) is 9.82 Å². The number of hydrogen-bond acceptors (Lipinski definition) is 4. The number of halogens is 1. The molecule has 0 saturated heterocycles. The average Bonchev–Trinajstić information content (AvgIpc) is 2.85. The molecule has 1 amide bonds. The smallest absolute Gasteiger partial charge is 0.277 e. The number of amides is 1. The van der Waals surface area contributed by atoms with Gasteiger partial charge in [-0.15, -0.1) is 0 Å². The molecular weight excluding hydrogens is 345 g/mol. The second kappa shape index (κ2) is 7.61. The number of allylic oxidation sites excluding steroid dienone is 2. The highest BCUT2D eigenvalue weighted by Gasteiger charge is 2.37. The Balaban J connectivity index is 1.59. The highest BCUT2D eigenvalue weighted by atomic mass is 19.1. The number of carbonyl (C=O) groups is 1. The molecular formula is C21H22FN3O2. The van der Waals surface area contributed by atoms with Gasteiger partial charge in [-0.2, -0.15) is 5.10 Å². The Labute approximate surface area is 158 Å². The third-order valence-electron chi connectivity index (χ3n) is 4.63. The Morgan fingerprint density at radius 3 is 2.67 bits per heavy atom. The number of nitrogens with zero attached hydrogens (tertiary/aromatic N) is 2. The van der Waals surface area contributed by atoms with Crippen molar-refractivity contribution in [3.63, 3.8) is 0 Å². The summed E-state index contributed by atoms with van der Waals surface area (Å²) in [5.41, 5.74) is 5.70. The van der Waals surface area contributed by atoms with Gasteiger partial charge in [0.25, 0.3) is 5.91 Å². The lowest BCUT2D eigenvalue weighted by Gasteiger charge is -2.23. The summed E-state index contributed by atoms with van der Waals surface area (Å²) in [5, 5.41) is 3.93. The minimum absolute atomic E-state index is 0.0332. The van der Waals surface area contributed by atoms with Crippen LogP contribution in [0.5, 0.6) is 5.75 Å². The van der Waals surface area contributed by atoms with Crippen LogP contribution in [0.1, 0.15) is 19.4 Å². The number of hydrazone groups is 1. The highest BCUT2D eigenvalue weighted by Crippen LogP contribution is 2.46. The maximum atomic E-state index is 13.4. The van der Waals surface area contributed by atoms with Gasteiger partial charge in [-0.1, -0.05) is 44.2 Å². The standard InChI is InChI=1S/C21H22FN3O2/c1-21(2)15-8-4-6-10-17(15)25(3)19(21)12-13-23-24-20(26)14-27-18-11-7-5-9-16(18)22/h4-13H,14H2,1-3H3,(H,24,26)/b19-12-,23-13-. The molecule has 140 valence electrons. The molecule has 2 aromatic carbocycles. The van der Waals surface area contributed by atoms with E-state index in [0.717, 1.165) is 11.4 Å². The monoisotopic (exact) mass is 367 g/mol. The largest absolute Gasteiger partial charge is 0.481 e. The fraction of sp³-hybridized carbons (Fsp3) is 0.238. The molecule has 0 bridgehead atoms.